The minimum atomic E-state index is -2.22. The van der Waals surface area contributed by atoms with Crippen molar-refractivity contribution in [1.29, 1.82) is 0 Å². The average Bonchev–Trinajstić information content (AvgIpc) is 2.83. The maximum atomic E-state index is 13.3. The second kappa shape index (κ2) is 17.0. The van der Waals surface area contributed by atoms with Gasteiger partial charge in [-0.25, -0.2) is 0 Å². The number of carbonyl (C=O) groups is 2. The maximum absolute atomic E-state index is 13.3. The fourth-order valence-corrected chi connectivity index (χ4v) is 11.8. The summed E-state index contributed by atoms with van der Waals surface area (Å²) in [5.74, 6) is -0.591. The van der Waals surface area contributed by atoms with Crippen LogP contribution >= 0.6 is 0 Å². The highest BCUT2D eigenvalue weighted by Gasteiger charge is 2.38. The van der Waals surface area contributed by atoms with Crippen molar-refractivity contribution in [3.8, 4) is 0 Å². The second-order valence-electron chi connectivity index (χ2n) is 9.20. The molecule has 0 amide bonds. The molecule has 0 spiro atoms. The molecule has 34 heavy (non-hydrogen) atoms. The predicted molar refractivity (Wildman–Crippen MR) is 147 cm³/mol. The first-order valence-corrected chi connectivity index (χ1v) is 21.1. The van der Waals surface area contributed by atoms with E-state index in [-0.39, 0.29) is 18.4 Å². The van der Waals surface area contributed by atoms with Crippen LogP contribution in [0.2, 0.25) is 48.9 Å². The van der Waals surface area contributed by atoms with Crippen molar-refractivity contribution >= 4 is 37.1 Å². The molecule has 0 rings (SSSR count). The first-order chi connectivity index (χ1) is 16.1. The van der Waals surface area contributed by atoms with Crippen LogP contribution in [-0.4, -0.2) is 62.9 Å². The number of hydrogen-bond acceptors (Lipinski definition) is 7. The van der Waals surface area contributed by atoms with Crippen LogP contribution in [0.5, 0.6) is 0 Å². The monoisotopic (exact) mass is 535 g/mol. The Balaban J connectivity index is 5.37. The van der Waals surface area contributed by atoms with Crippen molar-refractivity contribution in [3.63, 3.8) is 0 Å². The quantitative estimate of drug-likeness (QED) is 0.152. The Morgan fingerprint density at radius 3 is 1.59 bits per heavy atom. The molecule has 0 heterocycles. The van der Waals surface area contributed by atoms with E-state index in [1.807, 2.05) is 13.8 Å². The Morgan fingerprint density at radius 1 is 0.735 bits per heavy atom. The Labute approximate surface area is 212 Å². The van der Waals surface area contributed by atoms with E-state index in [1.165, 1.54) is 0 Å². The van der Waals surface area contributed by atoms with Gasteiger partial charge in [-0.1, -0.05) is 41.5 Å². The summed E-state index contributed by atoms with van der Waals surface area (Å²) in [5, 5.41) is 3.32. The number of rotatable bonds is 20. The molecular formula is C24H53NO6Si3. The zero-order chi connectivity index (χ0) is 26.3. The van der Waals surface area contributed by atoms with Crippen molar-refractivity contribution in [3.05, 3.63) is 0 Å². The number of hydrogen-bond donors (Lipinski definition) is 1. The predicted octanol–water partition coefficient (Wildman–Crippen LogP) is 5.97. The molecule has 1 N–H and O–H groups in total. The zero-order valence-corrected chi connectivity index (χ0v) is 26.5. The molecule has 0 aliphatic heterocycles. The van der Waals surface area contributed by atoms with Crippen LogP contribution in [0, 0.1) is 0 Å². The minimum Gasteiger partial charge on any atom is -0.519 e. The van der Waals surface area contributed by atoms with Gasteiger partial charge in [0.2, 0.25) is 0 Å². The van der Waals surface area contributed by atoms with Crippen molar-refractivity contribution in [2.75, 3.05) is 19.8 Å². The van der Waals surface area contributed by atoms with Crippen molar-refractivity contribution in [2.45, 2.75) is 123 Å². The first kappa shape index (κ1) is 33.5. The van der Waals surface area contributed by atoms with E-state index in [4.69, 9.17) is 17.7 Å². The van der Waals surface area contributed by atoms with Crippen LogP contribution < -0.4 is 5.32 Å². The van der Waals surface area contributed by atoms with E-state index in [0.29, 0.717) is 19.8 Å². The summed E-state index contributed by atoms with van der Waals surface area (Å²) in [7, 11) is -6.42. The molecule has 0 aromatic rings. The molecule has 0 aliphatic carbocycles. The Bertz CT molecular complexity index is 563. The molecule has 1 unspecified atom stereocenters. The molecule has 202 valence electrons. The van der Waals surface area contributed by atoms with Crippen LogP contribution in [0.4, 0.5) is 0 Å². The van der Waals surface area contributed by atoms with Gasteiger partial charge in [0.1, 0.15) is 6.04 Å². The molecule has 0 aliphatic rings. The summed E-state index contributed by atoms with van der Waals surface area (Å²) in [6.45, 7) is 20.5. The molecule has 0 saturated carbocycles. The lowest BCUT2D eigenvalue weighted by molar-refractivity contribution is -0.144. The highest BCUT2D eigenvalue weighted by atomic mass is 28.4. The van der Waals surface area contributed by atoms with Gasteiger partial charge in [-0.05, 0) is 75.7 Å². The van der Waals surface area contributed by atoms with Crippen molar-refractivity contribution in [1.82, 2.24) is 5.32 Å². The van der Waals surface area contributed by atoms with Gasteiger partial charge >= 0.3 is 14.5 Å². The Hall–Kier alpha value is -0.529. The molecule has 0 fully saturated rings. The summed E-state index contributed by atoms with van der Waals surface area (Å²) in [6.07, 6.45) is 0.817. The van der Waals surface area contributed by atoms with Crippen molar-refractivity contribution in [2.24, 2.45) is 0 Å². The molecule has 0 radical (unpaired) electrons. The standard InChI is InChI=1S/C24H53NO6Si3/c1-10-28-32(9,29-11-2)20-18-19-25-22(24(27)31-34(15-6,16-7)17-8)21-23(26)30-33(12-3,13-4)14-5/h22,25H,10-21H2,1-9H3. The summed E-state index contributed by atoms with van der Waals surface area (Å²) in [6, 6.07) is 5.46. The van der Waals surface area contributed by atoms with Gasteiger partial charge in [-0.15, -0.1) is 0 Å². The molecule has 1 atom stereocenters. The van der Waals surface area contributed by atoms with E-state index in [2.05, 4.69) is 53.4 Å². The third kappa shape index (κ3) is 11.0. The Kier molecular flexibility index (Phi) is 16.8. The average molecular weight is 536 g/mol. The van der Waals surface area contributed by atoms with Gasteiger partial charge in [0.25, 0.3) is 22.6 Å². The molecule has 0 bridgehead atoms. The van der Waals surface area contributed by atoms with Gasteiger partial charge in [0.05, 0.1) is 6.42 Å². The normalized spacial score (nSPS) is 13.6. The minimum absolute atomic E-state index is 0.0147. The summed E-state index contributed by atoms with van der Waals surface area (Å²) in [4.78, 5) is 26.2. The number of nitrogens with one attached hydrogen (secondary N) is 1. The zero-order valence-electron chi connectivity index (χ0n) is 23.5. The van der Waals surface area contributed by atoms with Gasteiger partial charge < -0.3 is 23.0 Å². The smallest absolute Gasteiger partial charge is 0.334 e. The van der Waals surface area contributed by atoms with E-state index in [9.17, 15) is 9.59 Å². The highest BCUT2D eigenvalue weighted by Crippen LogP contribution is 2.25. The molecular weight excluding hydrogens is 483 g/mol. The first-order valence-electron chi connectivity index (χ1n) is 13.5. The maximum Gasteiger partial charge on any atom is 0.334 e. The SMILES string of the molecule is CCO[Si](C)(CCCNC(CC(=O)O[Si](CC)(CC)CC)C(=O)O[Si](CC)(CC)CC)OCC. The van der Waals surface area contributed by atoms with Crippen LogP contribution in [0.3, 0.4) is 0 Å². The second-order valence-corrected chi connectivity index (χ2v) is 21.9. The number of carbonyl (C=O) groups excluding carboxylic acids is 2. The van der Waals surface area contributed by atoms with Gasteiger partial charge in [0.15, 0.2) is 0 Å². The fourth-order valence-electron chi connectivity index (χ4n) is 4.39. The van der Waals surface area contributed by atoms with Crippen LogP contribution in [0.15, 0.2) is 0 Å². The van der Waals surface area contributed by atoms with Crippen molar-refractivity contribution < 1.29 is 27.3 Å². The van der Waals surface area contributed by atoms with Gasteiger partial charge in [-0.2, -0.15) is 0 Å². The van der Waals surface area contributed by atoms with Crippen LogP contribution in [-0.2, 0) is 27.3 Å². The third-order valence-corrected chi connectivity index (χ3v) is 19.4. The summed E-state index contributed by atoms with van der Waals surface area (Å²) < 4.78 is 24.0. The molecule has 0 aromatic heterocycles. The van der Waals surface area contributed by atoms with Crippen LogP contribution in [0.1, 0.15) is 68.2 Å². The summed E-state index contributed by atoms with van der Waals surface area (Å²) in [5.41, 5.74) is 0. The van der Waals surface area contributed by atoms with Gasteiger partial charge in [0, 0.05) is 13.2 Å². The highest BCUT2D eigenvalue weighted by molar-refractivity contribution is 6.75. The Morgan fingerprint density at radius 2 is 1.18 bits per heavy atom. The molecule has 0 aromatic carbocycles. The molecule has 7 nitrogen and oxygen atoms in total. The lowest BCUT2D eigenvalue weighted by Gasteiger charge is -2.31. The van der Waals surface area contributed by atoms with E-state index >= 15 is 0 Å². The lowest BCUT2D eigenvalue weighted by Crippen LogP contribution is -2.48. The largest absolute Gasteiger partial charge is 0.519 e. The van der Waals surface area contributed by atoms with E-state index in [1.54, 1.807) is 0 Å². The summed E-state index contributed by atoms with van der Waals surface area (Å²) >= 11 is 0. The fraction of sp³-hybridized carbons (Fsp3) is 0.917. The van der Waals surface area contributed by atoms with E-state index < -0.39 is 31.2 Å². The molecule has 0 saturated heterocycles. The van der Waals surface area contributed by atoms with E-state index in [0.717, 1.165) is 48.7 Å². The molecule has 10 heteroatoms. The van der Waals surface area contributed by atoms with Gasteiger partial charge in [-0.3, -0.25) is 9.59 Å². The van der Waals surface area contributed by atoms with Crippen LogP contribution in [0.25, 0.3) is 0 Å². The topological polar surface area (TPSA) is 83.1 Å². The third-order valence-electron chi connectivity index (χ3n) is 7.27. The lowest BCUT2D eigenvalue weighted by atomic mass is 10.2.